The van der Waals surface area contributed by atoms with Crippen molar-refractivity contribution in [1.29, 1.82) is 0 Å². The van der Waals surface area contributed by atoms with Gasteiger partial charge in [0.2, 0.25) is 0 Å². The van der Waals surface area contributed by atoms with Gasteiger partial charge < -0.3 is 5.32 Å². The first-order chi connectivity index (χ1) is 10.3. The van der Waals surface area contributed by atoms with Crippen LogP contribution in [0.5, 0.6) is 0 Å². The van der Waals surface area contributed by atoms with Crippen LogP contribution in [0.15, 0.2) is 60.8 Å². The Balaban J connectivity index is 1.60. The van der Waals surface area contributed by atoms with E-state index in [1.807, 2.05) is 18.3 Å². The van der Waals surface area contributed by atoms with Gasteiger partial charge in [-0.05, 0) is 42.3 Å². The van der Waals surface area contributed by atoms with Crippen LogP contribution in [0.25, 0.3) is 10.9 Å². The Bertz CT molecular complexity index is 735. The standard InChI is InChI=1S/C18H17FN2/c19-17-8-1-4-14(12-17)13-20-11-9-16-6-2-5-15-7-3-10-21-18(15)16/h1-8,10,12,20H,9,11,13H2. The van der Waals surface area contributed by atoms with Crippen molar-refractivity contribution in [3.63, 3.8) is 0 Å². The number of aromatic nitrogens is 1. The maximum Gasteiger partial charge on any atom is 0.123 e. The topological polar surface area (TPSA) is 24.9 Å². The first-order valence-electron chi connectivity index (χ1n) is 7.11. The Morgan fingerprint density at radius 2 is 1.86 bits per heavy atom. The lowest BCUT2D eigenvalue weighted by Gasteiger charge is -2.07. The summed E-state index contributed by atoms with van der Waals surface area (Å²) in [4.78, 5) is 4.45. The number of halogens is 1. The van der Waals surface area contributed by atoms with E-state index in [1.165, 1.54) is 17.0 Å². The number of fused-ring (bicyclic) bond motifs is 1. The summed E-state index contributed by atoms with van der Waals surface area (Å²) >= 11 is 0. The number of pyridine rings is 1. The van der Waals surface area contributed by atoms with Crippen LogP contribution >= 0.6 is 0 Å². The number of benzene rings is 2. The van der Waals surface area contributed by atoms with Crippen molar-refractivity contribution in [2.24, 2.45) is 0 Å². The summed E-state index contributed by atoms with van der Waals surface area (Å²) in [5.41, 5.74) is 3.26. The first kappa shape index (κ1) is 13.7. The Kier molecular flexibility index (Phi) is 4.22. The van der Waals surface area contributed by atoms with Gasteiger partial charge in [-0.15, -0.1) is 0 Å². The van der Waals surface area contributed by atoms with Crippen LogP contribution in [0.3, 0.4) is 0 Å². The molecule has 0 amide bonds. The van der Waals surface area contributed by atoms with E-state index in [0.29, 0.717) is 6.54 Å². The van der Waals surface area contributed by atoms with E-state index < -0.39 is 0 Å². The second kappa shape index (κ2) is 6.46. The Hall–Kier alpha value is -2.26. The van der Waals surface area contributed by atoms with Crippen LogP contribution in [-0.4, -0.2) is 11.5 Å². The molecule has 0 spiro atoms. The fourth-order valence-electron chi connectivity index (χ4n) is 2.47. The van der Waals surface area contributed by atoms with Gasteiger partial charge in [-0.3, -0.25) is 4.98 Å². The van der Waals surface area contributed by atoms with Crippen molar-refractivity contribution in [2.75, 3.05) is 6.54 Å². The van der Waals surface area contributed by atoms with E-state index >= 15 is 0 Å². The van der Waals surface area contributed by atoms with Gasteiger partial charge in [0.15, 0.2) is 0 Å². The molecule has 0 unspecified atom stereocenters. The number of rotatable bonds is 5. The summed E-state index contributed by atoms with van der Waals surface area (Å²) in [6.45, 7) is 1.52. The fraction of sp³-hybridized carbons (Fsp3) is 0.167. The molecule has 1 heterocycles. The SMILES string of the molecule is Fc1cccc(CNCCc2cccc3cccnc23)c1. The van der Waals surface area contributed by atoms with Crippen LogP contribution in [0, 0.1) is 5.82 Å². The first-order valence-corrected chi connectivity index (χ1v) is 7.11. The third-order valence-corrected chi connectivity index (χ3v) is 3.51. The lowest BCUT2D eigenvalue weighted by Crippen LogP contribution is -2.16. The van der Waals surface area contributed by atoms with Gasteiger partial charge >= 0.3 is 0 Å². The third kappa shape index (κ3) is 3.44. The average molecular weight is 280 g/mol. The molecular formula is C18H17FN2. The molecule has 3 aromatic rings. The molecule has 3 heteroatoms. The van der Waals surface area contributed by atoms with E-state index in [9.17, 15) is 4.39 Å². The zero-order chi connectivity index (χ0) is 14.5. The third-order valence-electron chi connectivity index (χ3n) is 3.51. The highest BCUT2D eigenvalue weighted by Crippen LogP contribution is 2.16. The zero-order valence-electron chi connectivity index (χ0n) is 11.7. The molecule has 0 fully saturated rings. The van der Waals surface area contributed by atoms with E-state index in [0.717, 1.165) is 24.0 Å². The second-order valence-electron chi connectivity index (χ2n) is 5.05. The molecule has 0 aliphatic rings. The van der Waals surface area contributed by atoms with Gasteiger partial charge in [0.1, 0.15) is 5.82 Å². The smallest absolute Gasteiger partial charge is 0.123 e. The second-order valence-corrected chi connectivity index (χ2v) is 5.05. The highest BCUT2D eigenvalue weighted by Gasteiger charge is 2.01. The molecule has 0 bridgehead atoms. The number of hydrogen-bond acceptors (Lipinski definition) is 2. The monoisotopic (exact) mass is 280 g/mol. The van der Waals surface area contributed by atoms with Crippen molar-refractivity contribution < 1.29 is 4.39 Å². The number of hydrogen-bond donors (Lipinski definition) is 1. The molecule has 0 saturated heterocycles. The molecule has 1 aromatic heterocycles. The van der Waals surface area contributed by atoms with E-state index in [-0.39, 0.29) is 5.82 Å². The summed E-state index contributed by atoms with van der Waals surface area (Å²) in [6, 6.07) is 17.0. The Morgan fingerprint density at radius 3 is 2.76 bits per heavy atom. The molecule has 3 rings (SSSR count). The molecule has 0 atom stereocenters. The van der Waals surface area contributed by atoms with Crippen LogP contribution in [-0.2, 0) is 13.0 Å². The summed E-state index contributed by atoms with van der Waals surface area (Å²) in [6.07, 6.45) is 2.73. The molecule has 2 nitrogen and oxygen atoms in total. The largest absolute Gasteiger partial charge is 0.312 e. The predicted octanol–water partition coefficient (Wildman–Crippen LogP) is 3.71. The molecule has 0 radical (unpaired) electrons. The van der Waals surface area contributed by atoms with Crippen molar-refractivity contribution in [2.45, 2.75) is 13.0 Å². The van der Waals surface area contributed by atoms with E-state index in [2.05, 4.69) is 34.6 Å². The molecule has 106 valence electrons. The zero-order valence-corrected chi connectivity index (χ0v) is 11.7. The van der Waals surface area contributed by atoms with Crippen molar-refractivity contribution in [3.8, 4) is 0 Å². The van der Waals surface area contributed by atoms with Crippen molar-refractivity contribution in [1.82, 2.24) is 10.3 Å². The lowest BCUT2D eigenvalue weighted by molar-refractivity contribution is 0.620. The van der Waals surface area contributed by atoms with Crippen LogP contribution < -0.4 is 5.32 Å². The molecule has 0 saturated carbocycles. The fourth-order valence-corrected chi connectivity index (χ4v) is 2.47. The van der Waals surface area contributed by atoms with Crippen LogP contribution in [0.2, 0.25) is 0 Å². The van der Waals surface area contributed by atoms with E-state index in [4.69, 9.17) is 0 Å². The molecule has 0 aliphatic heterocycles. The number of para-hydroxylation sites is 1. The van der Waals surface area contributed by atoms with Crippen molar-refractivity contribution in [3.05, 3.63) is 77.7 Å². The molecule has 0 aliphatic carbocycles. The molecule has 1 N–H and O–H groups in total. The summed E-state index contributed by atoms with van der Waals surface area (Å²) in [7, 11) is 0. The minimum absolute atomic E-state index is 0.187. The summed E-state index contributed by atoms with van der Waals surface area (Å²) < 4.78 is 13.1. The highest BCUT2D eigenvalue weighted by molar-refractivity contribution is 5.81. The maximum absolute atomic E-state index is 13.1. The highest BCUT2D eigenvalue weighted by atomic mass is 19.1. The van der Waals surface area contributed by atoms with Gasteiger partial charge in [-0.1, -0.05) is 36.4 Å². The summed E-state index contributed by atoms with van der Waals surface area (Å²) in [5, 5.41) is 4.51. The predicted molar refractivity (Wildman–Crippen MR) is 83.6 cm³/mol. The molecule has 21 heavy (non-hydrogen) atoms. The average Bonchev–Trinajstić information content (AvgIpc) is 2.52. The van der Waals surface area contributed by atoms with E-state index in [1.54, 1.807) is 12.1 Å². The van der Waals surface area contributed by atoms with Crippen LogP contribution in [0.4, 0.5) is 4.39 Å². The van der Waals surface area contributed by atoms with Gasteiger partial charge in [0.05, 0.1) is 5.52 Å². The minimum atomic E-state index is -0.187. The van der Waals surface area contributed by atoms with Gasteiger partial charge in [0, 0.05) is 18.1 Å². The van der Waals surface area contributed by atoms with Gasteiger partial charge in [-0.25, -0.2) is 4.39 Å². The quantitative estimate of drug-likeness (QED) is 0.721. The maximum atomic E-state index is 13.1. The van der Waals surface area contributed by atoms with Crippen molar-refractivity contribution >= 4 is 10.9 Å². The normalized spacial score (nSPS) is 10.9. The Morgan fingerprint density at radius 1 is 1.00 bits per heavy atom. The summed E-state index contributed by atoms with van der Waals surface area (Å²) in [5.74, 6) is -0.187. The minimum Gasteiger partial charge on any atom is -0.312 e. The number of nitrogens with zero attached hydrogens (tertiary/aromatic N) is 1. The van der Waals surface area contributed by atoms with Gasteiger partial charge in [-0.2, -0.15) is 0 Å². The molecule has 2 aromatic carbocycles. The Labute approximate surface area is 123 Å². The molecular weight excluding hydrogens is 263 g/mol. The lowest BCUT2D eigenvalue weighted by atomic mass is 10.1. The number of nitrogens with one attached hydrogen (secondary N) is 1. The van der Waals surface area contributed by atoms with Gasteiger partial charge in [0.25, 0.3) is 0 Å². The van der Waals surface area contributed by atoms with Crippen LogP contribution in [0.1, 0.15) is 11.1 Å².